The lowest BCUT2D eigenvalue weighted by molar-refractivity contribution is -0.162. The predicted molar refractivity (Wildman–Crippen MR) is 168 cm³/mol. The molecule has 6 rings (SSSR count). The van der Waals surface area contributed by atoms with Gasteiger partial charge in [-0.05, 0) is 73.6 Å². The number of benzene rings is 2. The van der Waals surface area contributed by atoms with Gasteiger partial charge in [-0.1, -0.05) is 31.1 Å². The zero-order valence-corrected chi connectivity index (χ0v) is 26.1. The van der Waals surface area contributed by atoms with E-state index in [1.807, 2.05) is 19.9 Å². The number of aromatic nitrogens is 4. The first-order valence-electron chi connectivity index (χ1n) is 15.6. The highest BCUT2D eigenvalue weighted by Crippen LogP contribution is 2.36. The van der Waals surface area contributed by atoms with Crippen LogP contribution in [0.25, 0.3) is 22.0 Å². The summed E-state index contributed by atoms with van der Waals surface area (Å²) >= 11 is 1.67. The molecule has 0 radical (unpaired) electrons. The van der Waals surface area contributed by atoms with E-state index < -0.39 is 5.82 Å². The number of rotatable bonds is 11. The Bertz CT molecular complexity index is 1550. The fourth-order valence-corrected chi connectivity index (χ4v) is 6.74. The molecule has 0 N–H and O–H groups in total. The van der Waals surface area contributed by atoms with E-state index in [0.717, 1.165) is 69.8 Å². The van der Waals surface area contributed by atoms with Crippen molar-refractivity contribution in [3.8, 4) is 11.1 Å². The lowest BCUT2D eigenvalue weighted by Gasteiger charge is -2.32. The molecule has 2 aromatic heterocycles. The predicted octanol–water partition coefficient (Wildman–Crippen LogP) is 7.63. The molecule has 0 saturated carbocycles. The minimum atomic E-state index is -0.410. The van der Waals surface area contributed by atoms with Gasteiger partial charge >= 0.3 is 0 Å². The Hall–Kier alpha value is -3.15. The van der Waals surface area contributed by atoms with E-state index >= 15 is 8.78 Å². The summed E-state index contributed by atoms with van der Waals surface area (Å²) in [7, 11) is 0. The van der Waals surface area contributed by atoms with Gasteiger partial charge in [0.15, 0.2) is 12.1 Å². The number of fused-ring (bicyclic) bond motifs is 1. The summed E-state index contributed by atoms with van der Waals surface area (Å²) in [4.78, 5) is 15.8. The highest BCUT2D eigenvalue weighted by molar-refractivity contribution is 7.98. The van der Waals surface area contributed by atoms with E-state index in [2.05, 4.69) is 25.0 Å². The van der Waals surface area contributed by atoms with Crippen LogP contribution in [0.15, 0.2) is 41.2 Å². The smallest absolute Gasteiger partial charge is 0.229 e. The van der Waals surface area contributed by atoms with Crippen LogP contribution in [0.4, 0.5) is 14.6 Å². The Morgan fingerprint density at radius 3 is 2.68 bits per heavy atom. The maximum atomic E-state index is 15.2. The Labute approximate surface area is 260 Å². The van der Waals surface area contributed by atoms with Crippen LogP contribution in [0.2, 0.25) is 0 Å². The van der Waals surface area contributed by atoms with Crippen molar-refractivity contribution in [2.24, 2.45) is 0 Å². The maximum absolute atomic E-state index is 15.2. The van der Waals surface area contributed by atoms with Crippen molar-refractivity contribution < 1.29 is 22.8 Å². The SMILES string of the molecule is CC(C)c1nc(C2CCN(c3ncnc4c(-c5ccc(CSCCCOC6CCCCO6)c(F)c5)cc(F)cc34)CC2)no1. The maximum Gasteiger partial charge on any atom is 0.229 e. The highest BCUT2D eigenvalue weighted by atomic mass is 32.2. The Morgan fingerprint density at radius 2 is 1.93 bits per heavy atom. The molecule has 4 aromatic rings. The van der Waals surface area contributed by atoms with Gasteiger partial charge in [0.2, 0.25) is 5.89 Å². The molecule has 11 heteroatoms. The second kappa shape index (κ2) is 14.3. The number of ether oxygens (including phenoxy) is 2. The molecule has 2 aliphatic rings. The van der Waals surface area contributed by atoms with Gasteiger partial charge in [0.1, 0.15) is 23.8 Å². The number of hydrogen-bond acceptors (Lipinski definition) is 9. The molecule has 234 valence electrons. The molecule has 2 aliphatic heterocycles. The van der Waals surface area contributed by atoms with Crippen molar-refractivity contribution in [3.63, 3.8) is 0 Å². The van der Waals surface area contributed by atoms with Gasteiger partial charge in [-0.2, -0.15) is 16.7 Å². The lowest BCUT2D eigenvalue weighted by atomic mass is 9.95. The number of thioether (sulfide) groups is 1. The van der Waals surface area contributed by atoms with E-state index in [1.165, 1.54) is 24.5 Å². The van der Waals surface area contributed by atoms with Gasteiger partial charge in [-0.25, -0.2) is 18.7 Å². The third-order valence-corrected chi connectivity index (χ3v) is 9.38. The monoisotopic (exact) mass is 623 g/mol. The van der Waals surface area contributed by atoms with Crippen LogP contribution in [-0.2, 0) is 15.2 Å². The van der Waals surface area contributed by atoms with Crippen LogP contribution in [-0.4, -0.2) is 58.5 Å². The molecule has 1 atom stereocenters. The Balaban J connectivity index is 1.11. The van der Waals surface area contributed by atoms with Crippen molar-refractivity contribution in [2.75, 3.05) is 37.0 Å². The fourth-order valence-electron chi connectivity index (χ4n) is 5.82. The summed E-state index contributed by atoms with van der Waals surface area (Å²) in [5.41, 5.74) is 2.35. The van der Waals surface area contributed by atoms with E-state index in [4.69, 9.17) is 14.0 Å². The number of anilines is 1. The van der Waals surface area contributed by atoms with Gasteiger partial charge in [0, 0.05) is 48.2 Å². The van der Waals surface area contributed by atoms with Gasteiger partial charge < -0.3 is 18.9 Å². The van der Waals surface area contributed by atoms with Crippen LogP contribution in [0, 0.1) is 11.6 Å². The second-order valence-corrected chi connectivity index (χ2v) is 12.9. The topological polar surface area (TPSA) is 86.4 Å². The number of hydrogen-bond donors (Lipinski definition) is 0. The van der Waals surface area contributed by atoms with E-state index in [1.54, 1.807) is 17.8 Å². The molecule has 2 saturated heterocycles. The summed E-state index contributed by atoms with van der Waals surface area (Å²) in [6.45, 7) is 6.92. The lowest BCUT2D eigenvalue weighted by Crippen LogP contribution is -2.34. The van der Waals surface area contributed by atoms with Crippen LogP contribution >= 0.6 is 11.8 Å². The molecule has 1 unspecified atom stereocenters. The number of halogens is 2. The molecule has 0 aliphatic carbocycles. The number of piperidine rings is 1. The van der Waals surface area contributed by atoms with Crippen molar-refractivity contribution >= 4 is 28.5 Å². The summed E-state index contributed by atoms with van der Waals surface area (Å²) in [5, 5.41) is 4.82. The summed E-state index contributed by atoms with van der Waals surface area (Å²) < 4.78 is 47.1. The van der Waals surface area contributed by atoms with Gasteiger partial charge in [0.05, 0.1) is 12.1 Å². The quantitative estimate of drug-likeness (QED) is 0.157. The molecule has 0 amide bonds. The summed E-state index contributed by atoms with van der Waals surface area (Å²) in [5.74, 6) is 3.18. The average Bonchev–Trinajstić information content (AvgIpc) is 3.54. The summed E-state index contributed by atoms with van der Waals surface area (Å²) in [6.07, 6.45) is 7.18. The Morgan fingerprint density at radius 1 is 1.07 bits per heavy atom. The second-order valence-electron chi connectivity index (χ2n) is 11.8. The van der Waals surface area contributed by atoms with Crippen LogP contribution in [0.1, 0.15) is 81.5 Å². The van der Waals surface area contributed by atoms with E-state index in [0.29, 0.717) is 51.7 Å². The first-order valence-corrected chi connectivity index (χ1v) is 16.7. The zero-order valence-electron chi connectivity index (χ0n) is 25.3. The third-order valence-electron chi connectivity index (χ3n) is 8.29. The zero-order chi connectivity index (χ0) is 30.5. The molecular formula is C33H39F2N5O3S. The fraction of sp³-hybridized carbons (Fsp3) is 0.515. The molecule has 0 bridgehead atoms. The minimum absolute atomic E-state index is 0.0767. The van der Waals surface area contributed by atoms with Crippen molar-refractivity contribution in [1.29, 1.82) is 0 Å². The van der Waals surface area contributed by atoms with Crippen LogP contribution in [0.3, 0.4) is 0 Å². The van der Waals surface area contributed by atoms with Gasteiger partial charge in [-0.3, -0.25) is 0 Å². The first-order chi connectivity index (χ1) is 21.5. The van der Waals surface area contributed by atoms with Crippen molar-refractivity contribution in [1.82, 2.24) is 20.1 Å². The van der Waals surface area contributed by atoms with E-state index in [9.17, 15) is 0 Å². The normalized spacial score (nSPS) is 18.0. The number of nitrogens with zero attached hydrogens (tertiary/aromatic N) is 5. The molecule has 44 heavy (non-hydrogen) atoms. The molecule has 8 nitrogen and oxygen atoms in total. The van der Waals surface area contributed by atoms with Crippen LogP contribution < -0.4 is 4.90 Å². The molecule has 2 aromatic carbocycles. The molecule has 2 fully saturated rings. The van der Waals surface area contributed by atoms with E-state index in [-0.39, 0.29) is 23.9 Å². The van der Waals surface area contributed by atoms with Gasteiger partial charge in [0.25, 0.3) is 0 Å². The van der Waals surface area contributed by atoms with Gasteiger partial charge in [-0.15, -0.1) is 0 Å². The molecule has 0 spiro atoms. The third kappa shape index (κ3) is 7.21. The molecule has 4 heterocycles. The van der Waals surface area contributed by atoms with Crippen LogP contribution in [0.5, 0.6) is 0 Å². The Kier molecular flexibility index (Phi) is 10.0. The summed E-state index contributed by atoms with van der Waals surface area (Å²) in [6, 6.07) is 8.01. The first kappa shape index (κ1) is 30.9. The van der Waals surface area contributed by atoms with Crippen molar-refractivity contribution in [3.05, 3.63) is 65.6 Å². The molecular weight excluding hydrogens is 584 g/mol. The minimum Gasteiger partial charge on any atom is -0.356 e. The standard InChI is InChI=1S/C33H39F2N5O3S/c1-21(2)33-38-31(39-43-33)22-9-11-40(12-10-22)32-27-18-25(34)17-26(30(27)36-20-37-32)23-7-8-24(28(35)16-23)19-44-15-5-14-42-29-6-3-4-13-41-29/h7-8,16-18,20-22,29H,3-6,9-15,19H2,1-2H3. The van der Waals surface area contributed by atoms with Crippen molar-refractivity contribution in [2.45, 2.75) is 76.3 Å². The largest absolute Gasteiger partial charge is 0.356 e. The average molecular weight is 624 g/mol. The highest BCUT2D eigenvalue weighted by Gasteiger charge is 2.27.